The van der Waals surface area contributed by atoms with Crippen molar-refractivity contribution in [1.29, 1.82) is 0 Å². The van der Waals surface area contributed by atoms with E-state index >= 15 is 0 Å². The Morgan fingerprint density at radius 1 is 1.04 bits per heavy atom. The number of hydrogen-bond donors (Lipinski definition) is 4. The molecular weight excluding hydrogens is 671 g/mol. The number of hydrogen-bond acceptors (Lipinski definition) is 8. The number of allylic oxidation sites excluding steroid dienone is 1. The van der Waals surface area contributed by atoms with Gasteiger partial charge in [-0.2, -0.15) is 4.99 Å². The lowest BCUT2D eigenvalue weighted by Crippen LogP contribution is -2.43. The normalized spacial score (nSPS) is 11.4. The van der Waals surface area contributed by atoms with E-state index in [1.165, 1.54) is 0 Å². The Hall–Kier alpha value is -4.65. The zero-order chi connectivity index (χ0) is 36.0. The van der Waals surface area contributed by atoms with Crippen molar-refractivity contribution >= 4 is 52.8 Å². The molecule has 4 N–H and O–H groups in total. The molecule has 2 aromatic carbocycles. The number of amides is 3. The molecule has 0 saturated carbocycles. The predicted octanol–water partition coefficient (Wildman–Crippen LogP) is 7.22. The number of anilines is 1. The quantitative estimate of drug-likeness (QED) is 0.0553. The van der Waals surface area contributed by atoms with E-state index in [-0.39, 0.29) is 57.7 Å². The number of nitrogens with one attached hydrogen (secondary N) is 4. The fourth-order valence-corrected chi connectivity index (χ4v) is 4.94. The van der Waals surface area contributed by atoms with Crippen molar-refractivity contribution in [2.75, 3.05) is 25.0 Å². The number of unbranched alkanes of at least 4 members (excludes halogenated alkanes) is 2. The molecule has 0 radical (unpaired) electrons. The number of carbonyl (C=O) groups is 3. The standard InChI is InChI=1S/C35H42Cl2N6O6/c1-7-9-10-11-16-38-21-28(44)40-31-26(36)18-23(19-27(31)37)20-39-33(42-34(46)48-35(4,5)6)41-32(45)29-22(3)49-43-30(29)24-12-14-25(15-13-24)47-17-8-2/h7-8,12-15,18-19,38H,1-2,9-11,16-17,20-21H2,3-6H3,(H,40,44)(H2,39,41,42,45,46). The molecule has 3 amide bonds. The summed E-state index contributed by atoms with van der Waals surface area (Å²) < 4.78 is 16.2. The van der Waals surface area contributed by atoms with Crippen LogP contribution in [0, 0.1) is 6.92 Å². The molecule has 0 unspecified atom stereocenters. The van der Waals surface area contributed by atoms with Crippen LogP contribution in [0.1, 0.15) is 61.7 Å². The minimum absolute atomic E-state index is 0.0312. The molecule has 49 heavy (non-hydrogen) atoms. The predicted molar refractivity (Wildman–Crippen MR) is 192 cm³/mol. The molecule has 0 saturated heterocycles. The number of alkyl carbamates (subject to hydrolysis) is 1. The summed E-state index contributed by atoms with van der Waals surface area (Å²) >= 11 is 13.0. The lowest BCUT2D eigenvalue weighted by Gasteiger charge is -2.20. The Bertz CT molecular complexity index is 1640. The van der Waals surface area contributed by atoms with E-state index in [2.05, 4.69) is 44.6 Å². The first-order chi connectivity index (χ1) is 23.3. The van der Waals surface area contributed by atoms with Gasteiger partial charge in [0.2, 0.25) is 11.9 Å². The Morgan fingerprint density at radius 2 is 1.73 bits per heavy atom. The third-order valence-electron chi connectivity index (χ3n) is 6.53. The summed E-state index contributed by atoms with van der Waals surface area (Å²) in [5.41, 5.74) is 0.963. The van der Waals surface area contributed by atoms with Crippen LogP contribution >= 0.6 is 23.2 Å². The van der Waals surface area contributed by atoms with Gasteiger partial charge in [-0.25, -0.2) is 4.79 Å². The van der Waals surface area contributed by atoms with Crippen LogP contribution in [0.25, 0.3) is 11.3 Å². The molecule has 0 bridgehead atoms. The highest BCUT2D eigenvalue weighted by Gasteiger charge is 2.24. The second-order valence-corrected chi connectivity index (χ2v) is 12.6. The van der Waals surface area contributed by atoms with E-state index in [0.29, 0.717) is 30.0 Å². The van der Waals surface area contributed by atoms with E-state index in [0.717, 1.165) is 19.3 Å². The summed E-state index contributed by atoms with van der Waals surface area (Å²) in [5.74, 6) is -0.397. The van der Waals surface area contributed by atoms with Gasteiger partial charge >= 0.3 is 6.09 Å². The maximum Gasteiger partial charge on any atom is 0.414 e. The van der Waals surface area contributed by atoms with Gasteiger partial charge in [-0.3, -0.25) is 14.9 Å². The second-order valence-electron chi connectivity index (χ2n) is 11.8. The van der Waals surface area contributed by atoms with Crippen molar-refractivity contribution in [3.05, 3.63) is 88.6 Å². The Kier molecular flexibility index (Phi) is 14.9. The van der Waals surface area contributed by atoms with Crippen molar-refractivity contribution in [3.63, 3.8) is 0 Å². The number of aryl methyl sites for hydroxylation is 1. The summed E-state index contributed by atoms with van der Waals surface area (Å²) in [4.78, 5) is 42.9. The number of ether oxygens (including phenoxy) is 2. The number of nitrogens with zero attached hydrogens (tertiary/aromatic N) is 2. The third kappa shape index (κ3) is 12.7. The van der Waals surface area contributed by atoms with Crippen molar-refractivity contribution in [1.82, 2.24) is 21.1 Å². The molecule has 0 aliphatic rings. The first-order valence-corrected chi connectivity index (χ1v) is 16.3. The number of benzene rings is 2. The van der Waals surface area contributed by atoms with Gasteiger partial charge in [-0.1, -0.05) is 47.1 Å². The topological polar surface area (TPSA) is 156 Å². The number of rotatable bonds is 15. The van der Waals surface area contributed by atoms with Crippen LogP contribution in [-0.4, -0.2) is 54.3 Å². The van der Waals surface area contributed by atoms with Crippen LogP contribution < -0.4 is 26.0 Å². The van der Waals surface area contributed by atoms with Crippen LogP contribution in [0.3, 0.4) is 0 Å². The molecule has 1 heterocycles. The van der Waals surface area contributed by atoms with Crippen LogP contribution in [0.4, 0.5) is 10.5 Å². The van der Waals surface area contributed by atoms with Gasteiger partial charge in [-0.05, 0) is 95.5 Å². The summed E-state index contributed by atoms with van der Waals surface area (Å²) in [6.07, 6.45) is 5.48. The fraction of sp³-hybridized carbons (Fsp3) is 0.343. The van der Waals surface area contributed by atoms with E-state index in [1.54, 1.807) is 70.2 Å². The zero-order valence-corrected chi connectivity index (χ0v) is 29.6. The zero-order valence-electron chi connectivity index (χ0n) is 28.1. The summed E-state index contributed by atoms with van der Waals surface area (Å²) in [6.45, 7) is 15.2. The first-order valence-electron chi connectivity index (χ1n) is 15.6. The van der Waals surface area contributed by atoms with Gasteiger partial charge in [-0.15, -0.1) is 6.58 Å². The Balaban J connectivity index is 1.79. The SMILES string of the molecule is C=CCCCCNCC(=O)Nc1c(Cl)cc(CN/C(=N/C(=O)c2c(-c3ccc(OCC=C)cc3)noc2C)NC(=O)OC(C)(C)C)cc1Cl. The Morgan fingerprint density at radius 3 is 2.37 bits per heavy atom. The fourth-order valence-electron chi connectivity index (χ4n) is 4.31. The van der Waals surface area contributed by atoms with E-state index in [4.69, 9.17) is 37.2 Å². The third-order valence-corrected chi connectivity index (χ3v) is 7.12. The molecule has 0 aliphatic carbocycles. The minimum Gasteiger partial charge on any atom is -0.490 e. The van der Waals surface area contributed by atoms with Crippen molar-refractivity contribution in [3.8, 4) is 17.0 Å². The molecule has 14 heteroatoms. The number of carbonyl (C=O) groups excluding carboxylic acids is 3. The molecule has 12 nitrogen and oxygen atoms in total. The number of aromatic nitrogens is 1. The summed E-state index contributed by atoms with van der Waals surface area (Å²) in [7, 11) is 0. The number of guanidine groups is 1. The summed E-state index contributed by atoms with van der Waals surface area (Å²) in [6, 6.07) is 10.1. The molecule has 0 atom stereocenters. The lowest BCUT2D eigenvalue weighted by molar-refractivity contribution is -0.115. The average Bonchev–Trinajstić information content (AvgIpc) is 3.42. The van der Waals surface area contributed by atoms with Crippen molar-refractivity contribution < 1.29 is 28.4 Å². The molecule has 3 rings (SSSR count). The molecular formula is C35H42Cl2N6O6. The van der Waals surface area contributed by atoms with Gasteiger partial charge < -0.3 is 29.9 Å². The van der Waals surface area contributed by atoms with Crippen LogP contribution in [-0.2, 0) is 16.1 Å². The van der Waals surface area contributed by atoms with Crippen LogP contribution in [0.15, 0.2) is 71.2 Å². The highest BCUT2D eigenvalue weighted by Crippen LogP contribution is 2.32. The largest absolute Gasteiger partial charge is 0.490 e. The monoisotopic (exact) mass is 712 g/mol. The van der Waals surface area contributed by atoms with Crippen molar-refractivity contribution in [2.24, 2.45) is 4.99 Å². The average molecular weight is 714 g/mol. The second kappa shape index (κ2) is 18.8. The minimum atomic E-state index is -0.840. The molecule has 262 valence electrons. The van der Waals surface area contributed by atoms with Crippen LogP contribution in [0.5, 0.6) is 5.75 Å². The lowest BCUT2D eigenvalue weighted by atomic mass is 10.1. The van der Waals surface area contributed by atoms with E-state index in [1.807, 2.05) is 6.08 Å². The smallest absolute Gasteiger partial charge is 0.414 e. The molecule has 3 aromatic rings. The number of aliphatic imine (C=N–C) groups is 1. The highest BCUT2D eigenvalue weighted by molar-refractivity contribution is 6.39. The van der Waals surface area contributed by atoms with Crippen molar-refractivity contribution in [2.45, 2.75) is 59.1 Å². The maximum absolute atomic E-state index is 13.6. The van der Waals surface area contributed by atoms with Gasteiger partial charge in [0, 0.05) is 12.1 Å². The Labute approximate surface area is 296 Å². The molecule has 1 aromatic heterocycles. The van der Waals surface area contributed by atoms with Gasteiger partial charge in [0.25, 0.3) is 5.91 Å². The first kappa shape index (κ1) is 38.8. The maximum atomic E-state index is 13.6. The molecule has 0 aliphatic heterocycles. The molecule has 0 spiro atoms. The number of halogens is 2. The highest BCUT2D eigenvalue weighted by atomic mass is 35.5. The molecule has 0 fully saturated rings. The van der Waals surface area contributed by atoms with Crippen LogP contribution in [0.2, 0.25) is 10.0 Å². The van der Waals surface area contributed by atoms with Gasteiger partial charge in [0.15, 0.2) is 0 Å². The van der Waals surface area contributed by atoms with E-state index in [9.17, 15) is 14.4 Å². The summed E-state index contributed by atoms with van der Waals surface area (Å²) in [5, 5.41) is 15.7. The van der Waals surface area contributed by atoms with Gasteiger partial charge in [0.05, 0.1) is 22.3 Å². The van der Waals surface area contributed by atoms with Gasteiger partial charge in [0.1, 0.15) is 35.0 Å². The van der Waals surface area contributed by atoms with E-state index < -0.39 is 17.6 Å².